The average Bonchev–Trinajstić information content (AvgIpc) is 3.01. The Hall–Kier alpha value is -1.43. The van der Waals surface area contributed by atoms with E-state index in [0.717, 1.165) is 28.7 Å². The number of thiazole rings is 1. The number of halogens is 4. The Kier molecular flexibility index (Phi) is 8.39. The van der Waals surface area contributed by atoms with Gasteiger partial charge in [0.2, 0.25) is 0 Å². The lowest BCUT2D eigenvalue weighted by Crippen LogP contribution is -2.37. The second-order valence-corrected chi connectivity index (χ2v) is 5.53. The first-order valence-electron chi connectivity index (χ1n) is 6.84. The Morgan fingerprint density at radius 2 is 2.12 bits per heavy atom. The second-order valence-electron chi connectivity index (χ2n) is 4.59. The van der Waals surface area contributed by atoms with Crippen LogP contribution in [0, 0.1) is 0 Å². The van der Waals surface area contributed by atoms with Crippen molar-refractivity contribution < 1.29 is 13.2 Å². The van der Waals surface area contributed by atoms with E-state index in [2.05, 4.69) is 25.6 Å². The van der Waals surface area contributed by atoms with Gasteiger partial charge < -0.3 is 10.6 Å². The lowest BCUT2D eigenvalue weighted by Gasteiger charge is -2.10. The number of hydrogen-bond acceptors (Lipinski definition) is 4. The number of nitrogens with one attached hydrogen (secondary N) is 2. The first kappa shape index (κ1) is 20.6. The quantitative estimate of drug-likeness (QED) is 0.400. The molecule has 2 heterocycles. The van der Waals surface area contributed by atoms with Crippen molar-refractivity contribution in [2.45, 2.75) is 19.1 Å². The molecule has 132 valence electrons. The fourth-order valence-corrected chi connectivity index (χ4v) is 2.51. The molecule has 0 amide bonds. The van der Waals surface area contributed by atoms with E-state index in [1.54, 1.807) is 19.4 Å². The van der Waals surface area contributed by atoms with Gasteiger partial charge in [0, 0.05) is 31.4 Å². The molecule has 0 unspecified atom stereocenters. The first-order chi connectivity index (χ1) is 11.0. The summed E-state index contributed by atoms with van der Waals surface area (Å²) in [6, 6.07) is 3.84. The Balaban J connectivity index is 0.00000288. The third-order valence-corrected chi connectivity index (χ3v) is 3.75. The minimum atomic E-state index is -4.40. The number of aromatic nitrogens is 2. The van der Waals surface area contributed by atoms with Gasteiger partial charge in [0.05, 0.1) is 6.54 Å². The van der Waals surface area contributed by atoms with Crippen LogP contribution in [0.25, 0.3) is 0 Å². The minimum Gasteiger partial charge on any atom is -0.356 e. The third kappa shape index (κ3) is 6.59. The summed E-state index contributed by atoms with van der Waals surface area (Å²) in [5.41, 5.74) is 0.226. The molecule has 24 heavy (non-hydrogen) atoms. The van der Waals surface area contributed by atoms with E-state index in [9.17, 15) is 13.2 Å². The van der Waals surface area contributed by atoms with Crippen molar-refractivity contribution in [3.05, 3.63) is 46.2 Å². The van der Waals surface area contributed by atoms with Crippen LogP contribution in [0.1, 0.15) is 16.3 Å². The highest BCUT2D eigenvalue weighted by Crippen LogP contribution is 2.29. The lowest BCUT2D eigenvalue weighted by molar-refractivity contribution is -0.140. The van der Waals surface area contributed by atoms with E-state index >= 15 is 0 Å². The van der Waals surface area contributed by atoms with Crippen LogP contribution in [-0.2, 0) is 19.1 Å². The number of pyridine rings is 1. The second kappa shape index (κ2) is 9.77. The van der Waals surface area contributed by atoms with Crippen molar-refractivity contribution in [2.75, 3.05) is 13.6 Å². The van der Waals surface area contributed by atoms with Crippen LogP contribution in [0.15, 0.2) is 34.9 Å². The highest BCUT2D eigenvalue weighted by Gasteiger charge is 2.33. The molecule has 0 fully saturated rings. The van der Waals surface area contributed by atoms with Crippen molar-refractivity contribution in [1.82, 2.24) is 20.6 Å². The minimum absolute atomic E-state index is 0. The van der Waals surface area contributed by atoms with Gasteiger partial charge in [-0.05, 0) is 18.1 Å². The van der Waals surface area contributed by atoms with Crippen LogP contribution >= 0.6 is 35.3 Å². The zero-order valence-electron chi connectivity index (χ0n) is 12.8. The van der Waals surface area contributed by atoms with Gasteiger partial charge in [-0.3, -0.25) is 9.98 Å². The summed E-state index contributed by atoms with van der Waals surface area (Å²) in [6.45, 7) is 0.824. The normalized spacial score (nSPS) is 11.8. The zero-order valence-corrected chi connectivity index (χ0v) is 15.9. The van der Waals surface area contributed by atoms with Crippen LogP contribution in [0.5, 0.6) is 0 Å². The molecule has 0 aromatic carbocycles. The van der Waals surface area contributed by atoms with E-state index < -0.39 is 11.9 Å². The summed E-state index contributed by atoms with van der Waals surface area (Å²) < 4.78 is 37.4. The Bertz CT molecular complexity index is 645. The summed E-state index contributed by atoms with van der Waals surface area (Å²) >= 11 is 0.965. The lowest BCUT2D eigenvalue weighted by atomic mass is 10.2. The molecule has 0 aliphatic rings. The number of nitrogens with zero attached hydrogens (tertiary/aromatic N) is 3. The van der Waals surface area contributed by atoms with Gasteiger partial charge in [-0.1, -0.05) is 6.07 Å². The first-order valence-corrected chi connectivity index (χ1v) is 7.72. The molecule has 2 aromatic rings. The molecule has 10 heteroatoms. The van der Waals surface area contributed by atoms with Crippen molar-refractivity contribution in [3.63, 3.8) is 0 Å². The highest BCUT2D eigenvalue weighted by atomic mass is 127. The number of guanidine groups is 1. The van der Waals surface area contributed by atoms with Gasteiger partial charge in [-0.2, -0.15) is 13.2 Å². The molecule has 2 aromatic heterocycles. The molecule has 0 bridgehead atoms. The maximum Gasteiger partial charge on any atom is 0.434 e. The smallest absolute Gasteiger partial charge is 0.356 e. The average molecular weight is 471 g/mol. The summed E-state index contributed by atoms with van der Waals surface area (Å²) in [4.78, 5) is 11.6. The number of aliphatic imine (C=N–C) groups is 1. The molecule has 0 saturated carbocycles. The van der Waals surface area contributed by atoms with E-state index in [4.69, 9.17) is 0 Å². The van der Waals surface area contributed by atoms with Crippen LogP contribution in [-0.4, -0.2) is 29.5 Å². The van der Waals surface area contributed by atoms with Crippen molar-refractivity contribution in [2.24, 2.45) is 4.99 Å². The van der Waals surface area contributed by atoms with Crippen molar-refractivity contribution in [3.8, 4) is 0 Å². The molecule has 0 atom stereocenters. The SMILES string of the molecule is CN=C(NCCc1cccnc1)NCc1nc(C(F)(F)F)cs1.I. The monoisotopic (exact) mass is 471 g/mol. The van der Waals surface area contributed by atoms with E-state index in [-0.39, 0.29) is 30.5 Å². The molecular formula is C14H17F3IN5S. The molecule has 0 spiro atoms. The standard InChI is InChI=1S/C14H16F3N5S.HI/c1-18-13(20-6-4-10-3-2-5-19-7-10)21-8-12-22-11(9-23-12)14(15,16)17;/h2-3,5,7,9H,4,6,8H2,1H3,(H2,18,20,21);1H. The molecule has 0 radical (unpaired) electrons. The van der Waals surface area contributed by atoms with Crippen molar-refractivity contribution in [1.29, 1.82) is 0 Å². The third-order valence-electron chi connectivity index (χ3n) is 2.90. The molecular weight excluding hydrogens is 454 g/mol. The van der Waals surface area contributed by atoms with Crippen LogP contribution in [0.4, 0.5) is 13.2 Å². The van der Waals surface area contributed by atoms with E-state index in [1.165, 1.54) is 0 Å². The Morgan fingerprint density at radius 1 is 1.33 bits per heavy atom. The Morgan fingerprint density at radius 3 is 2.71 bits per heavy atom. The summed E-state index contributed by atoms with van der Waals surface area (Å²) in [5.74, 6) is 0.512. The number of rotatable bonds is 5. The molecule has 0 aliphatic carbocycles. The highest BCUT2D eigenvalue weighted by molar-refractivity contribution is 14.0. The van der Waals surface area contributed by atoms with Gasteiger partial charge in [-0.15, -0.1) is 35.3 Å². The molecule has 0 saturated heterocycles. The van der Waals surface area contributed by atoms with Gasteiger partial charge in [0.15, 0.2) is 11.7 Å². The largest absolute Gasteiger partial charge is 0.434 e. The fraction of sp³-hybridized carbons (Fsp3) is 0.357. The predicted octanol–water partition coefficient (Wildman–Crippen LogP) is 3.08. The molecule has 5 nitrogen and oxygen atoms in total. The summed E-state index contributed by atoms with van der Waals surface area (Å²) in [7, 11) is 1.60. The topological polar surface area (TPSA) is 62.2 Å². The maximum absolute atomic E-state index is 12.5. The van der Waals surface area contributed by atoms with Crippen LogP contribution in [0.2, 0.25) is 0 Å². The van der Waals surface area contributed by atoms with Gasteiger partial charge in [0.25, 0.3) is 0 Å². The van der Waals surface area contributed by atoms with Gasteiger partial charge in [-0.25, -0.2) is 4.98 Å². The molecule has 2 rings (SSSR count). The fourth-order valence-electron chi connectivity index (χ4n) is 1.77. The van der Waals surface area contributed by atoms with Crippen molar-refractivity contribution >= 4 is 41.3 Å². The zero-order chi connectivity index (χ0) is 16.7. The number of hydrogen-bond donors (Lipinski definition) is 2. The van der Waals surface area contributed by atoms with Gasteiger partial charge in [0.1, 0.15) is 5.01 Å². The number of alkyl halides is 3. The van der Waals surface area contributed by atoms with Gasteiger partial charge >= 0.3 is 6.18 Å². The van der Waals surface area contributed by atoms with E-state index in [0.29, 0.717) is 17.5 Å². The maximum atomic E-state index is 12.5. The predicted molar refractivity (Wildman–Crippen MR) is 98.7 cm³/mol. The summed E-state index contributed by atoms with van der Waals surface area (Å²) in [6.07, 6.45) is -0.144. The Labute approximate surface area is 158 Å². The molecule has 2 N–H and O–H groups in total. The molecule has 0 aliphatic heterocycles. The van der Waals surface area contributed by atoms with E-state index in [1.807, 2.05) is 12.1 Å². The van der Waals surface area contributed by atoms with Crippen LogP contribution < -0.4 is 10.6 Å². The summed E-state index contributed by atoms with van der Waals surface area (Å²) in [5, 5.41) is 7.40. The van der Waals surface area contributed by atoms with Crippen LogP contribution in [0.3, 0.4) is 0 Å².